The third-order valence-corrected chi connectivity index (χ3v) is 5.10. The van der Waals surface area contributed by atoms with Gasteiger partial charge in [0.05, 0.1) is 22.6 Å². The van der Waals surface area contributed by atoms with E-state index in [4.69, 9.17) is 0 Å². The van der Waals surface area contributed by atoms with E-state index in [0.29, 0.717) is 11.4 Å². The van der Waals surface area contributed by atoms with E-state index in [2.05, 4.69) is 15.0 Å². The lowest BCUT2D eigenvalue weighted by Gasteiger charge is -2.05. The second-order valence-corrected chi connectivity index (χ2v) is 7.02. The fourth-order valence-electron chi connectivity index (χ4n) is 1.95. The van der Waals surface area contributed by atoms with E-state index in [1.165, 1.54) is 11.3 Å². The predicted molar refractivity (Wildman–Crippen MR) is 83.6 cm³/mol. The molecule has 0 saturated carbocycles. The Morgan fingerprint density at radius 1 is 1.33 bits per heavy atom. The number of nitrogens with one attached hydrogen (secondary N) is 2. The molecule has 0 unspecified atom stereocenters. The van der Waals surface area contributed by atoms with Crippen LogP contribution in [0.15, 0.2) is 28.0 Å². The number of rotatable bonds is 8. The van der Waals surface area contributed by atoms with Crippen molar-refractivity contribution in [1.29, 1.82) is 0 Å². The number of nitrogens with zero attached hydrogens (tertiary/aromatic N) is 2. The summed E-state index contributed by atoms with van der Waals surface area (Å²) < 4.78 is 29.2. The van der Waals surface area contributed by atoms with Crippen molar-refractivity contribution in [1.82, 2.24) is 19.6 Å². The third-order valence-electron chi connectivity index (χ3n) is 3.09. The largest absolute Gasteiger partial charge is 0.349 e. The Morgan fingerprint density at radius 2 is 2.14 bits per heavy atom. The Labute approximate surface area is 129 Å². The molecule has 116 valence electrons. The van der Waals surface area contributed by atoms with Crippen molar-refractivity contribution in [3.8, 4) is 0 Å². The minimum absolute atomic E-state index is 0.214. The number of aromatic nitrogens is 2. The number of sulfonamides is 1. The van der Waals surface area contributed by atoms with Crippen LogP contribution in [-0.2, 0) is 29.7 Å². The summed E-state index contributed by atoms with van der Waals surface area (Å²) in [5.74, 6) is 0. The molecular formula is C13H20N4O2S2. The van der Waals surface area contributed by atoms with Gasteiger partial charge in [0.2, 0.25) is 10.0 Å². The molecule has 2 rings (SSSR count). The molecule has 0 aliphatic rings. The second-order valence-electron chi connectivity index (χ2n) is 4.54. The summed E-state index contributed by atoms with van der Waals surface area (Å²) in [5, 5.41) is 5.04. The van der Waals surface area contributed by atoms with Crippen LogP contribution in [0.25, 0.3) is 0 Å². The number of hydrogen-bond acceptors (Lipinski definition) is 5. The molecule has 6 nitrogen and oxygen atoms in total. The van der Waals surface area contributed by atoms with Crippen molar-refractivity contribution in [2.75, 3.05) is 6.54 Å². The lowest BCUT2D eigenvalue weighted by Crippen LogP contribution is -2.23. The molecule has 0 bridgehead atoms. The van der Waals surface area contributed by atoms with Gasteiger partial charge in [-0.3, -0.25) is 0 Å². The quantitative estimate of drug-likeness (QED) is 0.771. The summed E-state index contributed by atoms with van der Waals surface area (Å²) in [6, 6.07) is 1.72. The fraction of sp³-hybridized carbons (Fsp3) is 0.462. The lowest BCUT2D eigenvalue weighted by atomic mass is 10.4. The topological polar surface area (TPSA) is 76.0 Å². The first-order valence-electron chi connectivity index (χ1n) is 6.83. The van der Waals surface area contributed by atoms with Crippen molar-refractivity contribution < 1.29 is 8.42 Å². The van der Waals surface area contributed by atoms with Crippen LogP contribution in [0, 0.1) is 0 Å². The molecule has 2 heterocycles. The zero-order valence-corrected chi connectivity index (χ0v) is 13.8. The van der Waals surface area contributed by atoms with Crippen LogP contribution in [0.4, 0.5) is 0 Å². The van der Waals surface area contributed by atoms with Gasteiger partial charge in [0.1, 0.15) is 0 Å². The molecule has 0 radical (unpaired) electrons. The number of aryl methyl sites for hydroxylation is 1. The zero-order valence-electron chi connectivity index (χ0n) is 12.2. The van der Waals surface area contributed by atoms with Gasteiger partial charge < -0.3 is 9.88 Å². The summed E-state index contributed by atoms with van der Waals surface area (Å²) in [7, 11) is -3.51. The normalized spacial score (nSPS) is 11.9. The summed E-state index contributed by atoms with van der Waals surface area (Å²) >= 11 is 1.45. The van der Waals surface area contributed by atoms with Crippen molar-refractivity contribution in [2.24, 2.45) is 0 Å². The molecule has 0 aromatic carbocycles. The molecule has 2 N–H and O–H groups in total. The van der Waals surface area contributed by atoms with Gasteiger partial charge in [0.15, 0.2) is 0 Å². The molecule has 21 heavy (non-hydrogen) atoms. The molecule has 0 atom stereocenters. The molecule has 0 saturated heterocycles. The van der Waals surface area contributed by atoms with Gasteiger partial charge in [-0.05, 0) is 19.5 Å². The highest BCUT2D eigenvalue weighted by Crippen LogP contribution is 2.15. The first-order chi connectivity index (χ1) is 10.1. The number of hydrogen-bond donors (Lipinski definition) is 2. The van der Waals surface area contributed by atoms with Crippen molar-refractivity contribution in [3.05, 3.63) is 34.5 Å². The van der Waals surface area contributed by atoms with Crippen LogP contribution in [0.1, 0.15) is 25.2 Å². The van der Waals surface area contributed by atoms with Crippen LogP contribution in [0.5, 0.6) is 0 Å². The van der Waals surface area contributed by atoms with Gasteiger partial charge in [-0.15, -0.1) is 11.3 Å². The Kier molecular flexibility index (Phi) is 5.51. The van der Waals surface area contributed by atoms with E-state index in [9.17, 15) is 8.42 Å². The van der Waals surface area contributed by atoms with E-state index in [1.807, 2.05) is 23.8 Å². The highest BCUT2D eigenvalue weighted by Gasteiger charge is 2.18. The molecule has 2 aromatic rings. The summed E-state index contributed by atoms with van der Waals surface area (Å²) in [6.45, 7) is 6.47. The third kappa shape index (κ3) is 4.13. The van der Waals surface area contributed by atoms with Gasteiger partial charge in [0, 0.05) is 30.4 Å². The zero-order chi connectivity index (χ0) is 15.3. The van der Waals surface area contributed by atoms with Gasteiger partial charge in [0.25, 0.3) is 0 Å². The van der Waals surface area contributed by atoms with Crippen LogP contribution in [-0.4, -0.2) is 24.5 Å². The molecular weight excluding hydrogens is 308 g/mol. The van der Waals surface area contributed by atoms with Gasteiger partial charge in [-0.2, -0.15) is 0 Å². The van der Waals surface area contributed by atoms with Gasteiger partial charge >= 0.3 is 0 Å². The first kappa shape index (κ1) is 16.2. The predicted octanol–water partition coefficient (Wildman–Crippen LogP) is 1.55. The molecule has 0 spiro atoms. The molecule has 2 aromatic heterocycles. The highest BCUT2D eigenvalue weighted by atomic mass is 32.2. The maximum atomic E-state index is 12.3. The Morgan fingerprint density at radius 3 is 2.76 bits per heavy atom. The Bertz CT molecular complexity index is 662. The van der Waals surface area contributed by atoms with Crippen LogP contribution >= 0.6 is 11.3 Å². The van der Waals surface area contributed by atoms with Crippen LogP contribution in [0.3, 0.4) is 0 Å². The van der Waals surface area contributed by atoms with Crippen molar-refractivity contribution >= 4 is 21.4 Å². The van der Waals surface area contributed by atoms with E-state index in [-0.39, 0.29) is 6.54 Å². The number of thiazole rings is 1. The van der Waals surface area contributed by atoms with Gasteiger partial charge in [-0.25, -0.2) is 18.1 Å². The standard InChI is InChI=1S/C13H20N4O2S2/c1-3-14-7-12-5-13(8-17(12)4-2)21(18,19)16-6-11-9-20-10-15-11/h5,8-10,14,16H,3-4,6-7H2,1-2H3. The van der Waals surface area contributed by atoms with Crippen LogP contribution < -0.4 is 10.0 Å². The maximum absolute atomic E-state index is 12.3. The first-order valence-corrected chi connectivity index (χ1v) is 9.26. The lowest BCUT2D eigenvalue weighted by molar-refractivity contribution is 0.580. The Hall–Kier alpha value is -1.22. The summed E-state index contributed by atoms with van der Waals surface area (Å²) in [4.78, 5) is 4.37. The molecule has 0 fully saturated rings. The summed E-state index contributed by atoms with van der Waals surface area (Å²) in [6.07, 6.45) is 1.68. The monoisotopic (exact) mass is 328 g/mol. The minimum atomic E-state index is -3.51. The average molecular weight is 328 g/mol. The van der Waals surface area contributed by atoms with Gasteiger partial charge in [-0.1, -0.05) is 6.92 Å². The molecule has 0 aliphatic carbocycles. The van der Waals surface area contributed by atoms with E-state index < -0.39 is 10.0 Å². The van der Waals surface area contributed by atoms with E-state index >= 15 is 0 Å². The van der Waals surface area contributed by atoms with Crippen molar-refractivity contribution in [2.45, 2.75) is 38.4 Å². The minimum Gasteiger partial charge on any atom is -0.349 e. The highest BCUT2D eigenvalue weighted by molar-refractivity contribution is 7.89. The average Bonchev–Trinajstić information content (AvgIpc) is 3.12. The SMILES string of the molecule is CCNCc1cc(S(=O)(=O)NCc2cscn2)cn1CC. The maximum Gasteiger partial charge on any atom is 0.242 e. The fourth-order valence-corrected chi connectivity index (χ4v) is 3.57. The van der Waals surface area contributed by atoms with E-state index in [0.717, 1.165) is 24.5 Å². The van der Waals surface area contributed by atoms with Crippen molar-refractivity contribution in [3.63, 3.8) is 0 Å². The molecule has 8 heteroatoms. The smallest absolute Gasteiger partial charge is 0.242 e. The second kappa shape index (κ2) is 7.17. The molecule has 0 aliphatic heterocycles. The van der Waals surface area contributed by atoms with E-state index in [1.54, 1.807) is 17.8 Å². The van der Waals surface area contributed by atoms with Crippen LogP contribution in [0.2, 0.25) is 0 Å². The Balaban J connectivity index is 2.13. The molecule has 0 amide bonds. The summed E-state index contributed by atoms with van der Waals surface area (Å²) in [5.41, 5.74) is 3.38.